The molecule has 0 radical (unpaired) electrons. The van der Waals surface area contributed by atoms with E-state index in [4.69, 9.17) is 4.74 Å². The number of urea groups is 1. The quantitative estimate of drug-likeness (QED) is 0.531. The molecule has 0 saturated carbocycles. The minimum atomic E-state index is -1.46. The molecule has 144 valence electrons. The summed E-state index contributed by atoms with van der Waals surface area (Å²) in [4.78, 5) is 16.5. The lowest BCUT2D eigenvalue weighted by molar-refractivity contribution is 0.251. The molecule has 1 heterocycles. The third-order valence-corrected chi connectivity index (χ3v) is 4.94. The Morgan fingerprint density at radius 1 is 1.07 bits per heavy atom. The first-order chi connectivity index (χ1) is 13.7. The van der Waals surface area contributed by atoms with Crippen LogP contribution in [0.2, 0.25) is 0 Å². The van der Waals surface area contributed by atoms with Crippen LogP contribution < -0.4 is 20.1 Å². The molecule has 1 aromatic heterocycles. The largest absolute Gasteiger partial charge is 0.588 e. The number of ether oxygens (including phenoxy) is 1. The Morgan fingerprint density at radius 3 is 2.50 bits per heavy atom. The molecule has 28 heavy (non-hydrogen) atoms. The third kappa shape index (κ3) is 5.38. The molecule has 8 heteroatoms. The average Bonchev–Trinajstić information content (AvgIpc) is 2.74. The van der Waals surface area contributed by atoms with Gasteiger partial charge >= 0.3 is 6.03 Å². The standard InChI is InChI=1S/C20H20N4O3S/c1-27-19-5-3-2-4-18(19)24-28(26)17-8-6-16(7-9-17)23-20(25)22-14-15-10-12-21-13-11-15/h2-13,24H,14H2,1H3,(H2,22,23,25). The minimum Gasteiger partial charge on any atom is -0.588 e. The molecule has 3 N–H and O–H groups in total. The topological polar surface area (TPSA) is 98.3 Å². The van der Waals surface area contributed by atoms with E-state index >= 15 is 0 Å². The summed E-state index contributed by atoms with van der Waals surface area (Å²) in [5.74, 6) is 0.611. The normalized spacial score (nSPS) is 11.4. The Balaban J connectivity index is 1.54. The third-order valence-electron chi connectivity index (χ3n) is 3.84. The molecule has 0 fully saturated rings. The highest BCUT2D eigenvalue weighted by Gasteiger charge is 2.14. The molecule has 1 atom stereocenters. The van der Waals surface area contributed by atoms with E-state index in [0.717, 1.165) is 5.56 Å². The molecule has 3 rings (SSSR count). The molecular formula is C20H20N4O3S. The van der Waals surface area contributed by atoms with Gasteiger partial charge in [-0.15, -0.1) is 0 Å². The molecule has 0 saturated heterocycles. The van der Waals surface area contributed by atoms with Gasteiger partial charge in [-0.2, -0.15) is 4.72 Å². The fourth-order valence-corrected chi connectivity index (χ4v) is 3.28. The first kappa shape index (κ1) is 19.5. The zero-order chi connectivity index (χ0) is 19.8. The van der Waals surface area contributed by atoms with Crippen LogP contribution in [-0.2, 0) is 17.9 Å². The molecule has 0 aliphatic heterocycles. The summed E-state index contributed by atoms with van der Waals surface area (Å²) >= 11 is -1.46. The Morgan fingerprint density at radius 2 is 1.79 bits per heavy atom. The van der Waals surface area contributed by atoms with Gasteiger partial charge in [-0.05, 0) is 54.1 Å². The van der Waals surface area contributed by atoms with Gasteiger partial charge in [0.25, 0.3) is 0 Å². The van der Waals surface area contributed by atoms with Crippen molar-refractivity contribution in [2.75, 3.05) is 17.1 Å². The van der Waals surface area contributed by atoms with Crippen molar-refractivity contribution in [1.82, 2.24) is 10.3 Å². The van der Waals surface area contributed by atoms with Crippen molar-refractivity contribution in [2.45, 2.75) is 11.4 Å². The van der Waals surface area contributed by atoms with Crippen LogP contribution in [-0.4, -0.2) is 22.7 Å². The average molecular weight is 396 g/mol. The van der Waals surface area contributed by atoms with E-state index in [1.165, 1.54) is 0 Å². The summed E-state index contributed by atoms with van der Waals surface area (Å²) in [7, 11) is 1.56. The summed E-state index contributed by atoms with van der Waals surface area (Å²) in [6.45, 7) is 0.402. The second-order valence-corrected chi connectivity index (χ2v) is 6.97. The van der Waals surface area contributed by atoms with Gasteiger partial charge in [0.15, 0.2) is 4.90 Å². The molecule has 1 unspecified atom stereocenters. The molecule has 0 aliphatic carbocycles. The molecule has 7 nitrogen and oxygen atoms in total. The second-order valence-electron chi connectivity index (χ2n) is 5.76. The maximum absolute atomic E-state index is 12.5. The summed E-state index contributed by atoms with van der Waals surface area (Å²) in [5, 5.41) is 5.51. The highest BCUT2D eigenvalue weighted by molar-refractivity contribution is 7.92. The highest BCUT2D eigenvalue weighted by Crippen LogP contribution is 2.26. The number of nitrogens with zero attached hydrogens (tertiary/aromatic N) is 1. The highest BCUT2D eigenvalue weighted by atomic mass is 32.2. The SMILES string of the molecule is COc1ccccc1N[S+]([O-])c1ccc(NC(=O)NCc2ccncc2)cc1. The van der Waals surface area contributed by atoms with Crippen LogP contribution in [0.15, 0.2) is 78.0 Å². The van der Waals surface area contributed by atoms with Crippen LogP contribution in [0.3, 0.4) is 0 Å². The Bertz CT molecular complexity index is 907. The lowest BCUT2D eigenvalue weighted by atomic mass is 10.3. The van der Waals surface area contributed by atoms with Crippen LogP contribution in [0.25, 0.3) is 0 Å². The predicted octanol–water partition coefficient (Wildman–Crippen LogP) is 3.55. The van der Waals surface area contributed by atoms with E-state index in [2.05, 4.69) is 20.3 Å². The Labute approximate surface area is 166 Å². The number of carbonyl (C=O) groups is 1. The molecule has 3 aromatic rings. The van der Waals surface area contributed by atoms with Gasteiger partial charge in [0, 0.05) is 24.6 Å². The number of pyridine rings is 1. The predicted molar refractivity (Wildman–Crippen MR) is 110 cm³/mol. The number of anilines is 2. The lowest BCUT2D eigenvalue weighted by Crippen LogP contribution is -2.28. The monoisotopic (exact) mass is 396 g/mol. The maximum Gasteiger partial charge on any atom is 0.319 e. The molecular weight excluding hydrogens is 376 g/mol. The Kier molecular flexibility index (Phi) is 6.72. The van der Waals surface area contributed by atoms with Gasteiger partial charge < -0.3 is 19.9 Å². The van der Waals surface area contributed by atoms with Crippen molar-refractivity contribution in [3.8, 4) is 5.75 Å². The van der Waals surface area contributed by atoms with Crippen LogP contribution in [0, 0.1) is 0 Å². The van der Waals surface area contributed by atoms with Crippen LogP contribution >= 0.6 is 0 Å². The van der Waals surface area contributed by atoms with Gasteiger partial charge in [-0.25, -0.2) is 4.79 Å². The number of hydrogen-bond donors (Lipinski definition) is 3. The number of hydrogen-bond acceptors (Lipinski definition) is 5. The maximum atomic E-state index is 12.5. The molecule has 2 amide bonds. The number of amides is 2. The van der Waals surface area contributed by atoms with Crippen molar-refractivity contribution in [3.05, 3.63) is 78.6 Å². The first-order valence-corrected chi connectivity index (χ1v) is 9.66. The van der Waals surface area contributed by atoms with Crippen molar-refractivity contribution in [1.29, 1.82) is 0 Å². The summed E-state index contributed by atoms with van der Waals surface area (Å²) in [6.07, 6.45) is 3.35. The van der Waals surface area contributed by atoms with Crippen molar-refractivity contribution in [3.63, 3.8) is 0 Å². The first-order valence-electron chi connectivity index (χ1n) is 8.51. The van der Waals surface area contributed by atoms with Gasteiger partial charge in [-0.1, -0.05) is 12.1 Å². The second kappa shape index (κ2) is 9.63. The molecule has 2 aromatic carbocycles. The zero-order valence-corrected chi connectivity index (χ0v) is 16.0. The summed E-state index contributed by atoms with van der Waals surface area (Å²) in [6, 6.07) is 17.4. The van der Waals surface area contributed by atoms with E-state index < -0.39 is 11.4 Å². The summed E-state index contributed by atoms with van der Waals surface area (Å²) < 4.78 is 20.7. The van der Waals surface area contributed by atoms with Crippen molar-refractivity contribution in [2.24, 2.45) is 0 Å². The smallest absolute Gasteiger partial charge is 0.319 e. The van der Waals surface area contributed by atoms with Gasteiger partial charge in [-0.3, -0.25) is 4.98 Å². The number of benzene rings is 2. The van der Waals surface area contributed by atoms with E-state index in [9.17, 15) is 9.35 Å². The minimum absolute atomic E-state index is 0.321. The molecule has 0 bridgehead atoms. The van der Waals surface area contributed by atoms with Crippen LogP contribution in [0.1, 0.15) is 5.56 Å². The fraction of sp³-hybridized carbons (Fsp3) is 0.100. The zero-order valence-electron chi connectivity index (χ0n) is 15.2. The number of aromatic nitrogens is 1. The van der Waals surface area contributed by atoms with Gasteiger partial charge in [0.1, 0.15) is 22.8 Å². The van der Waals surface area contributed by atoms with Crippen LogP contribution in [0.5, 0.6) is 5.75 Å². The van der Waals surface area contributed by atoms with Gasteiger partial charge in [0.2, 0.25) is 0 Å². The van der Waals surface area contributed by atoms with Gasteiger partial charge in [0.05, 0.1) is 7.11 Å². The Hall–Kier alpha value is -3.23. The molecule has 0 spiro atoms. The van der Waals surface area contributed by atoms with Crippen molar-refractivity contribution >= 4 is 28.8 Å². The van der Waals surface area contributed by atoms with E-state index in [-0.39, 0.29) is 6.03 Å². The number of carbonyl (C=O) groups excluding carboxylic acids is 1. The summed E-state index contributed by atoms with van der Waals surface area (Å²) in [5.41, 5.74) is 2.20. The van der Waals surface area contributed by atoms with Crippen molar-refractivity contribution < 1.29 is 14.1 Å². The lowest BCUT2D eigenvalue weighted by Gasteiger charge is -2.14. The van der Waals surface area contributed by atoms with E-state index in [1.807, 2.05) is 24.3 Å². The van der Waals surface area contributed by atoms with Crippen LogP contribution in [0.4, 0.5) is 16.2 Å². The van der Waals surface area contributed by atoms with E-state index in [0.29, 0.717) is 28.6 Å². The number of nitrogens with one attached hydrogen (secondary N) is 3. The number of methoxy groups -OCH3 is 1. The number of para-hydroxylation sites is 2. The number of rotatable bonds is 7. The fourth-order valence-electron chi connectivity index (χ4n) is 2.41. The molecule has 0 aliphatic rings. The van der Waals surface area contributed by atoms with E-state index in [1.54, 1.807) is 55.9 Å².